The number of hydrogen-bond donors (Lipinski definition) is 1. The number of nitrogens with zero attached hydrogens (tertiary/aromatic N) is 1. The second kappa shape index (κ2) is 4.73. The van der Waals surface area contributed by atoms with E-state index in [2.05, 4.69) is 0 Å². The second-order valence-corrected chi connectivity index (χ2v) is 4.93. The number of thiazole rings is 1. The summed E-state index contributed by atoms with van der Waals surface area (Å²) in [7, 11) is 0. The molecule has 0 spiro atoms. The third-order valence-electron chi connectivity index (χ3n) is 2.48. The molecule has 0 aliphatic carbocycles. The first-order valence-corrected chi connectivity index (χ1v) is 5.98. The molecule has 1 aromatic carbocycles. The summed E-state index contributed by atoms with van der Waals surface area (Å²) in [6.07, 6.45) is 0. The van der Waals surface area contributed by atoms with Crippen LogP contribution in [0.25, 0.3) is 11.3 Å². The van der Waals surface area contributed by atoms with Gasteiger partial charge in [0.15, 0.2) is 0 Å². The molecule has 0 saturated carbocycles. The zero-order valence-electron chi connectivity index (χ0n) is 9.51. The average Bonchev–Trinajstić information content (AvgIpc) is 2.55. The Morgan fingerprint density at radius 1 is 1.39 bits per heavy atom. The van der Waals surface area contributed by atoms with Crippen molar-refractivity contribution in [2.75, 3.05) is 0 Å². The summed E-state index contributed by atoms with van der Waals surface area (Å²) in [5, 5.41) is 8.80. The van der Waals surface area contributed by atoms with Crippen molar-refractivity contribution in [2.45, 2.75) is 13.5 Å². The third-order valence-corrected chi connectivity index (χ3v) is 3.37. The van der Waals surface area contributed by atoms with Gasteiger partial charge in [-0.05, 0) is 36.8 Å². The number of aromatic nitrogens is 1. The molecule has 0 fully saturated rings. The zero-order chi connectivity index (χ0) is 13.3. The Bertz CT molecular complexity index is 642. The first-order valence-electron chi connectivity index (χ1n) is 5.17. The smallest absolute Gasteiger partial charge is 0.323 e. The van der Waals surface area contributed by atoms with Crippen LogP contribution in [0.3, 0.4) is 0 Å². The van der Waals surface area contributed by atoms with Crippen LogP contribution in [-0.2, 0) is 11.3 Å². The molecule has 2 aromatic rings. The van der Waals surface area contributed by atoms with E-state index in [-0.39, 0.29) is 10.7 Å². The third kappa shape index (κ3) is 2.33. The van der Waals surface area contributed by atoms with E-state index < -0.39 is 12.5 Å². The molecule has 0 saturated heterocycles. The number of hydrogen-bond acceptors (Lipinski definition) is 3. The van der Waals surface area contributed by atoms with Gasteiger partial charge in [0.2, 0.25) is 0 Å². The van der Waals surface area contributed by atoms with Gasteiger partial charge in [-0.2, -0.15) is 0 Å². The van der Waals surface area contributed by atoms with Gasteiger partial charge in [0.25, 0.3) is 0 Å². The molecule has 18 heavy (non-hydrogen) atoms. The molecule has 0 aliphatic rings. The number of aliphatic carboxylic acids is 1. The second-order valence-electron chi connectivity index (χ2n) is 3.76. The molecule has 4 nitrogen and oxygen atoms in total. The molecule has 0 unspecified atom stereocenters. The van der Waals surface area contributed by atoms with E-state index in [0.717, 1.165) is 11.3 Å². The largest absolute Gasteiger partial charge is 0.480 e. The molecule has 0 aliphatic heterocycles. The van der Waals surface area contributed by atoms with Gasteiger partial charge in [0.05, 0.1) is 5.69 Å². The molecule has 2 rings (SSSR count). The van der Waals surface area contributed by atoms with Crippen LogP contribution in [0.15, 0.2) is 29.1 Å². The lowest BCUT2D eigenvalue weighted by Crippen LogP contribution is -2.19. The van der Waals surface area contributed by atoms with Gasteiger partial charge >= 0.3 is 10.8 Å². The quantitative estimate of drug-likeness (QED) is 0.926. The summed E-state index contributed by atoms with van der Waals surface area (Å²) in [5.74, 6) is -1.46. The van der Waals surface area contributed by atoms with Crippen molar-refractivity contribution in [1.29, 1.82) is 0 Å². The Labute approximate surface area is 106 Å². The average molecular weight is 267 g/mol. The minimum atomic E-state index is -1.08. The molecule has 0 atom stereocenters. The van der Waals surface area contributed by atoms with Gasteiger partial charge in [0.1, 0.15) is 12.4 Å². The summed E-state index contributed by atoms with van der Waals surface area (Å²) in [4.78, 5) is 22.8. The van der Waals surface area contributed by atoms with Crippen LogP contribution >= 0.6 is 11.3 Å². The number of carboxylic acids is 1. The maximum absolute atomic E-state index is 12.9. The van der Waals surface area contributed by atoms with Crippen LogP contribution in [0.2, 0.25) is 0 Å². The van der Waals surface area contributed by atoms with Gasteiger partial charge < -0.3 is 5.11 Å². The standard InChI is InChI=1S/C12H10FNO3S/c1-7-11(8-2-4-9(13)5-3-8)14(6-10(15)16)12(17)18-7/h2-5H,6H2,1H3,(H,15,16). The molecule has 0 radical (unpaired) electrons. The minimum Gasteiger partial charge on any atom is -0.480 e. The Morgan fingerprint density at radius 2 is 2.00 bits per heavy atom. The molecule has 0 amide bonds. The Balaban J connectivity index is 2.59. The molecule has 1 N–H and O–H groups in total. The van der Waals surface area contributed by atoms with E-state index in [4.69, 9.17) is 5.11 Å². The lowest BCUT2D eigenvalue weighted by molar-refractivity contribution is -0.137. The van der Waals surface area contributed by atoms with Crippen molar-refractivity contribution in [3.8, 4) is 11.3 Å². The monoisotopic (exact) mass is 267 g/mol. The van der Waals surface area contributed by atoms with Gasteiger partial charge in [-0.3, -0.25) is 14.2 Å². The fourth-order valence-electron chi connectivity index (χ4n) is 1.76. The summed E-state index contributed by atoms with van der Waals surface area (Å²) >= 11 is 0.987. The Hall–Kier alpha value is -1.95. The fourth-order valence-corrected chi connectivity index (χ4v) is 2.61. The molecule has 6 heteroatoms. The van der Waals surface area contributed by atoms with Crippen LogP contribution in [0.4, 0.5) is 4.39 Å². The number of carbonyl (C=O) groups is 1. The highest BCUT2D eigenvalue weighted by molar-refractivity contribution is 7.09. The maximum atomic E-state index is 12.9. The predicted octanol–water partition coefficient (Wildman–Crippen LogP) is 2.11. The summed E-state index contributed by atoms with van der Waals surface area (Å²) in [6.45, 7) is 1.35. The van der Waals surface area contributed by atoms with E-state index >= 15 is 0 Å². The lowest BCUT2D eigenvalue weighted by Gasteiger charge is -2.06. The summed E-state index contributed by atoms with van der Waals surface area (Å²) in [5.41, 5.74) is 1.17. The Morgan fingerprint density at radius 3 is 2.56 bits per heavy atom. The van der Waals surface area contributed by atoms with Crippen molar-refractivity contribution in [1.82, 2.24) is 4.57 Å². The van der Waals surface area contributed by atoms with Crippen LogP contribution in [0.5, 0.6) is 0 Å². The molecule has 1 aromatic heterocycles. The number of rotatable bonds is 3. The van der Waals surface area contributed by atoms with Crippen LogP contribution in [-0.4, -0.2) is 15.6 Å². The van der Waals surface area contributed by atoms with Crippen molar-refractivity contribution in [2.24, 2.45) is 0 Å². The molecular formula is C12H10FNO3S. The molecule has 94 valence electrons. The number of carboxylic acid groups (broad SMARTS) is 1. The Kier molecular flexibility index (Phi) is 3.29. The van der Waals surface area contributed by atoms with Gasteiger partial charge in [-0.1, -0.05) is 11.3 Å². The van der Waals surface area contributed by atoms with Gasteiger partial charge in [-0.25, -0.2) is 4.39 Å². The highest BCUT2D eigenvalue weighted by Gasteiger charge is 2.15. The molecule has 1 heterocycles. The molecule has 0 bridgehead atoms. The first-order chi connectivity index (χ1) is 8.49. The van der Waals surface area contributed by atoms with Crippen molar-refractivity contribution < 1.29 is 14.3 Å². The van der Waals surface area contributed by atoms with Crippen LogP contribution < -0.4 is 4.87 Å². The number of halogens is 1. The normalized spacial score (nSPS) is 10.6. The van der Waals surface area contributed by atoms with E-state index in [1.165, 1.54) is 28.8 Å². The van der Waals surface area contributed by atoms with Crippen molar-refractivity contribution >= 4 is 17.3 Å². The highest BCUT2D eigenvalue weighted by atomic mass is 32.1. The van der Waals surface area contributed by atoms with Gasteiger partial charge in [-0.15, -0.1) is 0 Å². The van der Waals surface area contributed by atoms with Crippen molar-refractivity contribution in [3.05, 3.63) is 44.6 Å². The lowest BCUT2D eigenvalue weighted by atomic mass is 10.1. The van der Waals surface area contributed by atoms with E-state index in [0.29, 0.717) is 16.1 Å². The van der Waals surface area contributed by atoms with Crippen LogP contribution in [0, 0.1) is 12.7 Å². The molecular weight excluding hydrogens is 257 g/mol. The number of aryl methyl sites for hydroxylation is 1. The van der Waals surface area contributed by atoms with E-state index in [9.17, 15) is 14.0 Å². The SMILES string of the molecule is Cc1sc(=O)n(CC(=O)O)c1-c1ccc(F)cc1. The number of benzene rings is 1. The van der Waals surface area contributed by atoms with Crippen LogP contribution in [0.1, 0.15) is 4.88 Å². The zero-order valence-corrected chi connectivity index (χ0v) is 10.3. The topological polar surface area (TPSA) is 59.3 Å². The summed E-state index contributed by atoms with van der Waals surface area (Å²) in [6, 6.07) is 5.62. The highest BCUT2D eigenvalue weighted by Crippen LogP contribution is 2.25. The minimum absolute atomic E-state index is 0.325. The maximum Gasteiger partial charge on any atom is 0.323 e. The fraction of sp³-hybridized carbons (Fsp3) is 0.167. The van der Waals surface area contributed by atoms with E-state index in [1.54, 1.807) is 6.92 Å². The van der Waals surface area contributed by atoms with Crippen molar-refractivity contribution in [3.63, 3.8) is 0 Å². The first kappa shape index (κ1) is 12.5. The van der Waals surface area contributed by atoms with E-state index in [1.807, 2.05) is 0 Å². The van der Waals surface area contributed by atoms with Gasteiger partial charge in [0, 0.05) is 4.88 Å². The predicted molar refractivity (Wildman–Crippen MR) is 66.3 cm³/mol. The summed E-state index contributed by atoms with van der Waals surface area (Å²) < 4.78 is 14.0.